The second-order valence-corrected chi connectivity index (χ2v) is 8.46. The third-order valence-electron chi connectivity index (χ3n) is 5.34. The summed E-state index contributed by atoms with van der Waals surface area (Å²) in [6, 6.07) is 9.95. The summed E-state index contributed by atoms with van der Waals surface area (Å²) < 4.78 is 1.58. The Kier molecular flexibility index (Phi) is 5.28. The van der Waals surface area contributed by atoms with Crippen molar-refractivity contribution in [3.8, 4) is 11.1 Å². The molecule has 1 aromatic carbocycles. The van der Waals surface area contributed by atoms with E-state index in [1.54, 1.807) is 10.9 Å². The molecule has 1 aliphatic heterocycles. The molecule has 3 heterocycles. The summed E-state index contributed by atoms with van der Waals surface area (Å²) in [6.45, 7) is 5.68. The Morgan fingerprint density at radius 3 is 2.57 bits per heavy atom. The Labute approximate surface area is 168 Å². The van der Waals surface area contributed by atoms with E-state index < -0.39 is 0 Å². The van der Waals surface area contributed by atoms with Gasteiger partial charge in [0.1, 0.15) is 4.83 Å². The number of aryl methyl sites for hydroxylation is 2. The average Bonchev–Trinajstić information content (AvgIpc) is 3.05. The van der Waals surface area contributed by atoms with E-state index in [1.807, 2.05) is 42.2 Å². The van der Waals surface area contributed by atoms with E-state index in [1.165, 1.54) is 11.3 Å². The summed E-state index contributed by atoms with van der Waals surface area (Å²) in [5.74, 6) is 0.102. The zero-order valence-electron chi connectivity index (χ0n) is 16.2. The van der Waals surface area contributed by atoms with Gasteiger partial charge in [-0.1, -0.05) is 30.3 Å². The number of carbonyl (C=O) groups excluding carboxylic acids is 1. The van der Waals surface area contributed by atoms with Crippen LogP contribution in [0.25, 0.3) is 21.3 Å². The zero-order valence-corrected chi connectivity index (χ0v) is 17.0. The standard InChI is InChI=1S/C21H24N4O2S/c1-15-18(16-6-4-3-5-7-16)19-20(28-15)22-14-25(21(19)27)9-8-17(26)24-12-10-23(2)11-13-24/h3-7,14H,8-13H2,1-2H3. The van der Waals surface area contributed by atoms with E-state index in [4.69, 9.17) is 0 Å². The second kappa shape index (κ2) is 7.85. The number of amides is 1. The summed E-state index contributed by atoms with van der Waals surface area (Å²) in [4.78, 5) is 36.1. The Balaban J connectivity index is 1.60. The third-order valence-corrected chi connectivity index (χ3v) is 6.35. The van der Waals surface area contributed by atoms with Gasteiger partial charge in [-0.2, -0.15) is 0 Å². The van der Waals surface area contributed by atoms with Gasteiger partial charge in [-0.15, -0.1) is 11.3 Å². The molecular weight excluding hydrogens is 372 g/mol. The van der Waals surface area contributed by atoms with Crippen LogP contribution in [-0.4, -0.2) is 58.5 Å². The van der Waals surface area contributed by atoms with E-state index in [0.717, 1.165) is 47.0 Å². The quantitative estimate of drug-likeness (QED) is 0.680. The van der Waals surface area contributed by atoms with Crippen molar-refractivity contribution in [2.24, 2.45) is 0 Å². The minimum absolute atomic E-state index is 0.0700. The molecule has 0 spiro atoms. The number of benzene rings is 1. The maximum absolute atomic E-state index is 13.2. The molecule has 28 heavy (non-hydrogen) atoms. The van der Waals surface area contributed by atoms with Crippen molar-refractivity contribution in [3.63, 3.8) is 0 Å². The zero-order chi connectivity index (χ0) is 19.7. The van der Waals surface area contributed by atoms with Crippen LogP contribution in [0, 0.1) is 6.92 Å². The van der Waals surface area contributed by atoms with Crippen molar-refractivity contribution < 1.29 is 4.79 Å². The van der Waals surface area contributed by atoms with E-state index in [0.29, 0.717) is 18.4 Å². The molecule has 0 aliphatic carbocycles. The lowest BCUT2D eigenvalue weighted by Crippen LogP contribution is -2.47. The molecule has 0 bridgehead atoms. The largest absolute Gasteiger partial charge is 0.340 e. The van der Waals surface area contributed by atoms with E-state index in [2.05, 4.69) is 16.9 Å². The highest BCUT2D eigenvalue weighted by Gasteiger charge is 2.20. The monoisotopic (exact) mass is 396 g/mol. The first-order chi connectivity index (χ1) is 13.5. The number of likely N-dealkylation sites (N-methyl/N-ethyl adjacent to an activating group) is 1. The van der Waals surface area contributed by atoms with Crippen molar-refractivity contribution in [2.75, 3.05) is 33.2 Å². The van der Waals surface area contributed by atoms with E-state index >= 15 is 0 Å². The topological polar surface area (TPSA) is 58.4 Å². The number of rotatable bonds is 4. The lowest BCUT2D eigenvalue weighted by Gasteiger charge is -2.32. The smallest absolute Gasteiger partial charge is 0.262 e. The molecule has 4 rings (SSSR count). The Morgan fingerprint density at radius 1 is 1.14 bits per heavy atom. The highest BCUT2D eigenvalue weighted by Crippen LogP contribution is 2.35. The summed E-state index contributed by atoms with van der Waals surface area (Å²) in [5, 5.41) is 0.656. The normalized spacial score (nSPS) is 15.3. The number of piperazine rings is 1. The molecule has 1 aliphatic rings. The van der Waals surface area contributed by atoms with Crippen molar-refractivity contribution in [1.29, 1.82) is 0 Å². The lowest BCUT2D eigenvalue weighted by molar-refractivity contribution is -0.133. The molecule has 0 saturated carbocycles. The van der Waals surface area contributed by atoms with Crippen molar-refractivity contribution in [3.05, 3.63) is 51.9 Å². The highest BCUT2D eigenvalue weighted by atomic mass is 32.1. The maximum Gasteiger partial charge on any atom is 0.262 e. The van der Waals surface area contributed by atoms with Crippen molar-refractivity contribution in [1.82, 2.24) is 19.4 Å². The number of hydrogen-bond acceptors (Lipinski definition) is 5. The summed E-state index contributed by atoms with van der Waals surface area (Å²) in [7, 11) is 2.06. The fourth-order valence-corrected chi connectivity index (χ4v) is 4.68. The number of fused-ring (bicyclic) bond motifs is 1. The molecule has 2 aromatic heterocycles. The van der Waals surface area contributed by atoms with Crippen LogP contribution < -0.4 is 5.56 Å². The molecule has 1 amide bonds. The van der Waals surface area contributed by atoms with Crippen LogP contribution >= 0.6 is 11.3 Å². The summed E-state index contributed by atoms with van der Waals surface area (Å²) in [6.07, 6.45) is 1.90. The van der Waals surface area contributed by atoms with Crippen LogP contribution in [0.1, 0.15) is 11.3 Å². The number of hydrogen-bond donors (Lipinski definition) is 0. The van der Waals surface area contributed by atoms with Gasteiger partial charge in [0.25, 0.3) is 5.56 Å². The number of aromatic nitrogens is 2. The number of nitrogens with zero attached hydrogens (tertiary/aromatic N) is 4. The Hall–Kier alpha value is -2.51. The first-order valence-corrected chi connectivity index (χ1v) is 10.4. The maximum atomic E-state index is 13.2. The first kappa shape index (κ1) is 18.8. The van der Waals surface area contributed by atoms with Gasteiger partial charge in [0, 0.05) is 49.6 Å². The molecule has 0 N–H and O–H groups in total. The summed E-state index contributed by atoms with van der Waals surface area (Å²) in [5.41, 5.74) is 1.91. The highest BCUT2D eigenvalue weighted by molar-refractivity contribution is 7.19. The van der Waals surface area contributed by atoms with Gasteiger partial charge >= 0.3 is 0 Å². The average molecular weight is 397 g/mol. The SMILES string of the molecule is Cc1sc2ncn(CCC(=O)N3CCN(C)CC3)c(=O)c2c1-c1ccccc1. The van der Waals surface area contributed by atoms with Gasteiger partial charge in [-0.05, 0) is 19.5 Å². The molecule has 0 atom stereocenters. The number of thiophene rings is 1. The van der Waals surface area contributed by atoms with Gasteiger partial charge in [-0.3, -0.25) is 14.2 Å². The van der Waals surface area contributed by atoms with E-state index in [-0.39, 0.29) is 11.5 Å². The lowest BCUT2D eigenvalue weighted by atomic mass is 10.0. The molecule has 7 heteroatoms. The molecule has 146 valence electrons. The molecule has 1 fully saturated rings. The number of carbonyl (C=O) groups is 1. The van der Waals surface area contributed by atoms with Crippen LogP contribution in [0.15, 0.2) is 41.5 Å². The molecule has 1 saturated heterocycles. The predicted molar refractivity (Wildman–Crippen MR) is 113 cm³/mol. The fraction of sp³-hybridized carbons (Fsp3) is 0.381. The minimum Gasteiger partial charge on any atom is -0.340 e. The van der Waals surface area contributed by atoms with Gasteiger partial charge in [0.05, 0.1) is 11.7 Å². The van der Waals surface area contributed by atoms with Crippen LogP contribution in [0.5, 0.6) is 0 Å². The molecule has 6 nitrogen and oxygen atoms in total. The van der Waals surface area contributed by atoms with Gasteiger partial charge in [0.2, 0.25) is 5.91 Å². The Morgan fingerprint density at radius 2 is 1.86 bits per heavy atom. The minimum atomic E-state index is -0.0700. The molecular formula is C21H24N4O2S. The summed E-state index contributed by atoms with van der Waals surface area (Å²) >= 11 is 1.54. The Bertz CT molecular complexity index is 1050. The van der Waals surface area contributed by atoms with Crippen LogP contribution in [0.3, 0.4) is 0 Å². The molecule has 3 aromatic rings. The van der Waals surface area contributed by atoms with Gasteiger partial charge < -0.3 is 9.80 Å². The third kappa shape index (κ3) is 3.59. The predicted octanol–water partition coefficient (Wildman–Crippen LogP) is 2.60. The van der Waals surface area contributed by atoms with Crippen molar-refractivity contribution in [2.45, 2.75) is 19.9 Å². The van der Waals surface area contributed by atoms with Crippen LogP contribution in [0.2, 0.25) is 0 Å². The van der Waals surface area contributed by atoms with E-state index in [9.17, 15) is 9.59 Å². The van der Waals surface area contributed by atoms with Gasteiger partial charge in [0.15, 0.2) is 0 Å². The fourth-order valence-electron chi connectivity index (χ4n) is 3.68. The second-order valence-electron chi connectivity index (χ2n) is 7.26. The molecule has 0 radical (unpaired) electrons. The van der Waals surface area contributed by atoms with Gasteiger partial charge in [-0.25, -0.2) is 4.98 Å². The van der Waals surface area contributed by atoms with Crippen molar-refractivity contribution >= 4 is 27.5 Å². The molecule has 0 unspecified atom stereocenters. The van der Waals surface area contributed by atoms with Crippen LogP contribution in [0.4, 0.5) is 0 Å². The first-order valence-electron chi connectivity index (χ1n) is 9.55. The van der Waals surface area contributed by atoms with Crippen LogP contribution in [-0.2, 0) is 11.3 Å².